The molecule has 0 bridgehead atoms. The average molecular weight is 511 g/mol. The van der Waals surface area contributed by atoms with Crippen LogP contribution in [0.1, 0.15) is 28.8 Å². The van der Waals surface area contributed by atoms with E-state index >= 15 is 0 Å². The zero-order chi connectivity index (χ0) is 26.9. The maximum absolute atomic E-state index is 13.0. The van der Waals surface area contributed by atoms with Crippen LogP contribution in [-0.4, -0.2) is 29.8 Å². The van der Waals surface area contributed by atoms with Gasteiger partial charge in [0.2, 0.25) is 11.8 Å². The summed E-state index contributed by atoms with van der Waals surface area (Å²) in [4.78, 5) is 42.0. The van der Waals surface area contributed by atoms with Gasteiger partial charge in [-0.1, -0.05) is 17.7 Å². The van der Waals surface area contributed by atoms with E-state index in [0.29, 0.717) is 52.4 Å². The molecule has 0 saturated heterocycles. The molecule has 192 valence electrons. The number of primary amides is 1. The molecule has 1 fully saturated rings. The van der Waals surface area contributed by atoms with Crippen LogP contribution in [0.3, 0.4) is 0 Å². The van der Waals surface area contributed by atoms with Gasteiger partial charge >= 0.3 is 0 Å². The van der Waals surface area contributed by atoms with Crippen LogP contribution in [-0.2, 0) is 9.59 Å². The van der Waals surface area contributed by atoms with Gasteiger partial charge in [0, 0.05) is 29.0 Å². The summed E-state index contributed by atoms with van der Waals surface area (Å²) in [6, 6.07) is 19.1. The molecule has 3 amide bonds. The van der Waals surface area contributed by atoms with Crippen molar-refractivity contribution in [2.45, 2.75) is 19.8 Å². The lowest BCUT2D eigenvalue weighted by molar-refractivity contribution is -0.131. The number of amides is 3. The van der Waals surface area contributed by atoms with Crippen molar-refractivity contribution in [3.05, 3.63) is 84.1 Å². The van der Waals surface area contributed by atoms with Crippen LogP contribution in [0.2, 0.25) is 0 Å². The minimum Gasteiger partial charge on any atom is -0.496 e. The van der Waals surface area contributed by atoms with E-state index in [2.05, 4.69) is 15.6 Å². The first-order valence-corrected chi connectivity index (χ1v) is 12.0. The molecule has 0 radical (unpaired) electrons. The highest BCUT2D eigenvalue weighted by atomic mass is 16.5. The van der Waals surface area contributed by atoms with E-state index in [4.69, 9.17) is 15.2 Å². The fraction of sp³-hybridized carbons (Fsp3) is 0.172. The summed E-state index contributed by atoms with van der Waals surface area (Å²) in [5, 5.41) is 6.28. The van der Waals surface area contributed by atoms with Crippen LogP contribution >= 0.6 is 0 Å². The van der Waals surface area contributed by atoms with E-state index in [-0.39, 0.29) is 17.4 Å². The molecule has 1 aromatic heterocycles. The molecule has 4 aromatic rings. The number of carbonyl (C=O) groups is 3. The number of nitrogens with two attached hydrogens (primary N) is 1. The zero-order valence-electron chi connectivity index (χ0n) is 20.9. The van der Waals surface area contributed by atoms with Crippen LogP contribution in [0.15, 0.2) is 72.9 Å². The van der Waals surface area contributed by atoms with Crippen LogP contribution in [0.5, 0.6) is 17.2 Å². The smallest absolute Gasteiger partial charge is 0.252 e. The molecule has 0 spiro atoms. The summed E-state index contributed by atoms with van der Waals surface area (Å²) in [6.45, 7) is 1.97. The summed E-state index contributed by atoms with van der Waals surface area (Å²) >= 11 is 0. The summed E-state index contributed by atoms with van der Waals surface area (Å²) in [7, 11) is 1.45. The van der Waals surface area contributed by atoms with Crippen molar-refractivity contribution in [2.24, 2.45) is 11.1 Å². The number of nitrogens with zero attached hydrogens (tertiary/aromatic N) is 1. The van der Waals surface area contributed by atoms with E-state index in [1.165, 1.54) is 7.11 Å². The monoisotopic (exact) mass is 510 g/mol. The highest BCUT2D eigenvalue weighted by Gasteiger charge is 2.56. The van der Waals surface area contributed by atoms with Gasteiger partial charge in [-0.05, 0) is 68.3 Å². The van der Waals surface area contributed by atoms with Gasteiger partial charge in [0.1, 0.15) is 22.7 Å². The Kier molecular flexibility index (Phi) is 6.42. The lowest BCUT2D eigenvalue weighted by atomic mass is 10.0. The molecular formula is C29H26N4O5. The minimum absolute atomic E-state index is 0.219. The second-order valence-corrected chi connectivity index (χ2v) is 9.23. The number of ether oxygens (including phenoxy) is 2. The number of hydrogen-bond acceptors (Lipinski definition) is 6. The van der Waals surface area contributed by atoms with E-state index in [1.807, 2.05) is 31.2 Å². The van der Waals surface area contributed by atoms with Crippen LogP contribution in [0.4, 0.5) is 11.4 Å². The molecule has 0 aliphatic heterocycles. The van der Waals surface area contributed by atoms with Gasteiger partial charge in [-0.15, -0.1) is 0 Å². The first kappa shape index (κ1) is 24.8. The van der Waals surface area contributed by atoms with Gasteiger partial charge < -0.3 is 25.8 Å². The maximum atomic E-state index is 13.0. The standard InChI is InChI=1S/C29H26N4O5/c1-17-3-5-18(6-4-17)32-27(35)29(12-13-29)28(36)33-19-7-9-20(10-8-19)38-24-11-14-31-23-16-25(37-2)22(26(30)34)15-21(23)24/h3-11,14-16H,12-13H2,1-2H3,(H2,30,34)(H,32,35)(H,33,36). The van der Waals surface area contributed by atoms with E-state index in [0.717, 1.165) is 5.56 Å². The molecule has 0 atom stereocenters. The third kappa shape index (κ3) is 4.86. The Balaban J connectivity index is 1.28. The molecule has 5 rings (SSSR count). The minimum atomic E-state index is -1.07. The second-order valence-electron chi connectivity index (χ2n) is 9.23. The van der Waals surface area contributed by atoms with Crippen LogP contribution < -0.4 is 25.8 Å². The molecule has 0 unspecified atom stereocenters. The van der Waals surface area contributed by atoms with Gasteiger partial charge in [-0.2, -0.15) is 0 Å². The number of hydrogen-bond donors (Lipinski definition) is 3. The lowest BCUT2D eigenvalue weighted by Gasteiger charge is -2.16. The Hall–Kier alpha value is -4.92. The molecule has 4 N–H and O–H groups in total. The molecule has 1 heterocycles. The molecule has 1 aliphatic carbocycles. The fourth-order valence-electron chi connectivity index (χ4n) is 4.15. The van der Waals surface area contributed by atoms with Crippen molar-refractivity contribution in [1.82, 2.24) is 4.98 Å². The van der Waals surface area contributed by atoms with Crippen molar-refractivity contribution in [3.63, 3.8) is 0 Å². The SMILES string of the molecule is COc1cc2nccc(Oc3ccc(NC(=O)C4(C(=O)Nc5ccc(C)cc5)CC4)cc3)c2cc1C(N)=O. The predicted octanol–water partition coefficient (Wildman–Crippen LogP) is 4.80. The summed E-state index contributed by atoms with van der Waals surface area (Å²) in [5.41, 5.74) is 7.50. The number of fused-ring (bicyclic) bond motifs is 1. The molecule has 38 heavy (non-hydrogen) atoms. The van der Waals surface area contributed by atoms with Crippen LogP contribution in [0.25, 0.3) is 10.9 Å². The van der Waals surface area contributed by atoms with E-state index < -0.39 is 11.3 Å². The average Bonchev–Trinajstić information content (AvgIpc) is 3.73. The number of carbonyl (C=O) groups excluding carboxylic acids is 3. The summed E-state index contributed by atoms with van der Waals surface area (Å²) < 4.78 is 11.3. The number of rotatable bonds is 8. The summed E-state index contributed by atoms with van der Waals surface area (Å²) in [6.07, 6.45) is 2.57. The van der Waals surface area contributed by atoms with Crippen molar-refractivity contribution in [1.29, 1.82) is 0 Å². The number of aromatic nitrogens is 1. The highest BCUT2D eigenvalue weighted by Crippen LogP contribution is 2.47. The number of aryl methyl sites for hydroxylation is 1. The third-order valence-corrected chi connectivity index (χ3v) is 6.56. The van der Waals surface area contributed by atoms with Crippen molar-refractivity contribution in [2.75, 3.05) is 17.7 Å². The number of benzene rings is 3. The normalized spacial score (nSPS) is 13.4. The van der Waals surface area contributed by atoms with Crippen molar-refractivity contribution in [3.8, 4) is 17.2 Å². The van der Waals surface area contributed by atoms with Gasteiger partial charge in [-0.25, -0.2) is 0 Å². The third-order valence-electron chi connectivity index (χ3n) is 6.56. The molecule has 1 saturated carbocycles. The second kappa shape index (κ2) is 9.85. The largest absolute Gasteiger partial charge is 0.496 e. The Morgan fingerprint density at radius 1 is 0.868 bits per heavy atom. The number of anilines is 2. The molecule has 9 nitrogen and oxygen atoms in total. The Labute approximate surface area is 219 Å². The fourth-order valence-corrected chi connectivity index (χ4v) is 4.15. The first-order chi connectivity index (χ1) is 18.3. The predicted molar refractivity (Wildman–Crippen MR) is 143 cm³/mol. The first-order valence-electron chi connectivity index (χ1n) is 12.0. The number of pyridine rings is 1. The van der Waals surface area contributed by atoms with Crippen molar-refractivity contribution < 1.29 is 23.9 Å². The Bertz CT molecular complexity index is 1540. The van der Waals surface area contributed by atoms with Gasteiger partial charge in [0.15, 0.2) is 0 Å². The molecular weight excluding hydrogens is 484 g/mol. The maximum Gasteiger partial charge on any atom is 0.252 e. The Morgan fingerprint density at radius 3 is 2.03 bits per heavy atom. The number of methoxy groups -OCH3 is 1. The van der Waals surface area contributed by atoms with Crippen LogP contribution in [0, 0.1) is 12.3 Å². The molecule has 3 aromatic carbocycles. The molecule has 9 heteroatoms. The molecule has 1 aliphatic rings. The zero-order valence-corrected chi connectivity index (χ0v) is 20.9. The topological polar surface area (TPSA) is 133 Å². The van der Waals surface area contributed by atoms with Gasteiger partial charge in [-0.3, -0.25) is 19.4 Å². The van der Waals surface area contributed by atoms with Gasteiger partial charge in [0.05, 0.1) is 18.2 Å². The summed E-state index contributed by atoms with van der Waals surface area (Å²) in [5.74, 6) is 0.0290. The highest BCUT2D eigenvalue weighted by molar-refractivity contribution is 6.17. The van der Waals surface area contributed by atoms with E-state index in [1.54, 1.807) is 48.7 Å². The number of nitrogens with one attached hydrogen (secondary N) is 2. The van der Waals surface area contributed by atoms with Gasteiger partial charge in [0.25, 0.3) is 5.91 Å². The quantitative estimate of drug-likeness (QED) is 0.292. The van der Waals surface area contributed by atoms with E-state index in [9.17, 15) is 14.4 Å². The van der Waals surface area contributed by atoms with Crippen molar-refractivity contribution >= 4 is 40.0 Å². The lowest BCUT2D eigenvalue weighted by Crippen LogP contribution is -2.35. The Morgan fingerprint density at radius 2 is 1.47 bits per heavy atom.